The molecule has 2 aromatic rings. The molecule has 0 saturated carbocycles. The van der Waals surface area contributed by atoms with Crippen molar-refractivity contribution in [3.05, 3.63) is 53.9 Å². The fourth-order valence-corrected chi connectivity index (χ4v) is 2.57. The van der Waals surface area contributed by atoms with Crippen LogP contribution in [0.25, 0.3) is 0 Å². The number of aromatic nitrogens is 1. The van der Waals surface area contributed by atoms with E-state index in [-0.39, 0.29) is 23.9 Å². The predicted octanol–water partition coefficient (Wildman–Crippen LogP) is 4.12. The summed E-state index contributed by atoms with van der Waals surface area (Å²) in [5, 5.41) is 2.83. The first-order chi connectivity index (χ1) is 12.9. The van der Waals surface area contributed by atoms with Gasteiger partial charge in [0, 0.05) is 5.69 Å². The van der Waals surface area contributed by atoms with E-state index in [0.29, 0.717) is 0 Å². The molecule has 2 atom stereocenters. The number of benzene rings is 1. The molecule has 3 rings (SSSR count). The standard InChI is InChI=1S/C13H18N2O2.C7H6F2O/c1-3-10-5-6-11(8-14-10)15-13(16)12-7-4-9(2)17-12;1-10-6-4-2-3-5(8)7(6)9/h5-6,8-9,12H,3-4,7H2,1-2H3,(H,15,16);2-4H,1H3/t9?,12-;/m1./s1. The zero-order valence-electron chi connectivity index (χ0n) is 15.7. The number of ether oxygens (including phenoxy) is 2. The molecule has 27 heavy (non-hydrogen) atoms. The van der Waals surface area contributed by atoms with Crippen LogP contribution >= 0.6 is 0 Å². The smallest absolute Gasteiger partial charge is 0.253 e. The van der Waals surface area contributed by atoms with Crippen LogP contribution in [0.15, 0.2) is 36.5 Å². The maximum atomic E-state index is 12.5. The van der Waals surface area contributed by atoms with Crippen LogP contribution in [0.3, 0.4) is 0 Å². The molecule has 5 nitrogen and oxygen atoms in total. The Morgan fingerprint density at radius 1 is 1.30 bits per heavy atom. The number of carbonyl (C=O) groups excluding carboxylic acids is 1. The fraction of sp³-hybridized carbons (Fsp3) is 0.400. The third-order valence-corrected chi connectivity index (χ3v) is 4.11. The molecule has 1 aliphatic heterocycles. The molecule has 0 radical (unpaired) electrons. The third-order valence-electron chi connectivity index (χ3n) is 4.11. The second-order valence-corrected chi connectivity index (χ2v) is 6.15. The Labute approximate surface area is 157 Å². The van der Waals surface area contributed by atoms with Gasteiger partial charge in [0.1, 0.15) is 6.10 Å². The van der Waals surface area contributed by atoms with Crippen LogP contribution in [0.5, 0.6) is 5.75 Å². The Hall–Kier alpha value is -2.54. The molecule has 2 heterocycles. The van der Waals surface area contributed by atoms with Crippen molar-refractivity contribution in [3.8, 4) is 5.75 Å². The number of nitrogens with zero attached hydrogens (tertiary/aromatic N) is 1. The highest BCUT2D eigenvalue weighted by atomic mass is 19.2. The Balaban J connectivity index is 0.000000223. The van der Waals surface area contributed by atoms with Gasteiger partial charge in [-0.1, -0.05) is 13.0 Å². The molecule has 1 fully saturated rings. The van der Waals surface area contributed by atoms with E-state index in [1.165, 1.54) is 19.2 Å². The average Bonchev–Trinajstić information content (AvgIpc) is 3.12. The number of aryl methyl sites for hydroxylation is 1. The molecule has 1 N–H and O–H groups in total. The topological polar surface area (TPSA) is 60.5 Å². The van der Waals surface area contributed by atoms with Crippen molar-refractivity contribution in [1.82, 2.24) is 4.98 Å². The molecule has 1 unspecified atom stereocenters. The molecule has 1 aromatic carbocycles. The maximum absolute atomic E-state index is 12.5. The highest BCUT2D eigenvalue weighted by Crippen LogP contribution is 2.20. The fourth-order valence-electron chi connectivity index (χ4n) is 2.57. The van der Waals surface area contributed by atoms with Crippen molar-refractivity contribution < 1.29 is 23.0 Å². The molecule has 1 saturated heterocycles. The highest BCUT2D eigenvalue weighted by Gasteiger charge is 2.28. The number of methoxy groups -OCH3 is 1. The SMILES string of the molecule is CCc1ccc(NC(=O)[C@H]2CCC(C)O2)cn1.COc1cccc(F)c1F. The first-order valence-corrected chi connectivity index (χ1v) is 8.83. The minimum Gasteiger partial charge on any atom is -0.494 e. The molecular weight excluding hydrogens is 354 g/mol. The van der Waals surface area contributed by atoms with Crippen molar-refractivity contribution in [3.63, 3.8) is 0 Å². The largest absolute Gasteiger partial charge is 0.494 e. The number of pyridine rings is 1. The summed E-state index contributed by atoms with van der Waals surface area (Å²) in [6.45, 7) is 4.04. The summed E-state index contributed by atoms with van der Waals surface area (Å²) in [5.41, 5.74) is 1.75. The van der Waals surface area contributed by atoms with Crippen LogP contribution in [0.1, 0.15) is 32.4 Å². The number of rotatable bonds is 4. The lowest BCUT2D eigenvalue weighted by Crippen LogP contribution is -2.27. The summed E-state index contributed by atoms with van der Waals surface area (Å²) in [5.74, 6) is -1.97. The van der Waals surface area contributed by atoms with E-state index < -0.39 is 11.6 Å². The van der Waals surface area contributed by atoms with E-state index in [0.717, 1.165) is 36.7 Å². The lowest BCUT2D eigenvalue weighted by Gasteiger charge is -2.11. The Kier molecular flexibility index (Phi) is 7.67. The minimum absolute atomic E-state index is 0.0691. The van der Waals surface area contributed by atoms with Crippen LogP contribution in [-0.2, 0) is 16.0 Å². The summed E-state index contributed by atoms with van der Waals surface area (Å²) < 4.78 is 34.8. The summed E-state index contributed by atoms with van der Waals surface area (Å²) >= 11 is 0. The lowest BCUT2D eigenvalue weighted by atomic mass is 10.2. The molecule has 1 amide bonds. The number of carbonyl (C=O) groups is 1. The molecule has 0 aliphatic carbocycles. The Bertz CT molecular complexity index is 753. The number of halogens is 2. The average molecular weight is 378 g/mol. The van der Waals surface area contributed by atoms with E-state index in [2.05, 4.69) is 15.0 Å². The van der Waals surface area contributed by atoms with E-state index >= 15 is 0 Å². The van der Waals surface area contributed by atoms with Crippen LogP contribution in [0.4, 0.5) is 14.5 Å². The second-order valence-electron chi connectivity index (χ2n) is 6.15. The van der Waals surface area contributed by atoms with E-state index in [4.69, 9.17) is 4.74 Å². The highest BCUT2D eigenvalue weighted by molar-refractivity contribution is 5.94. The van der Waals surface area contributed by atoms with Crippen molar-refractivity contribution in [2.45, 2.75) is 45.3 Å². The number of hydrogen-bond acceptors (Lipinski definition) is 4. The summed E-state index contributed by atoms with van der Waals surface area (Å²) in [7, 11) is 1.29. The zero-order chi connectivity index (χ0) is 19.8. The Morgan fingerprint density at radius 3 is 2.59 bits per heavy atom. The van der Waals surface area contributed by atoms with Gasteiger partial charge < -0.3 is 14.8 Å². The minimum atomic E-state index is -0.940. The molecular formula is C20H24F2N2O3. The van der Waals surface area contributed by atoms with Gasteiger partial charge >= 0.3 is 0 Å². The lowest BCUT2D eigenvalue weighted by molar-refractivity contribution is -0.126. The van der Waals surface area contributed by atoms with Crippen LogP contribution in [0, 0.1) is 11.6 Å². The van der Waals surface area contributed by atoms with Gasteiger partial charge in [0.2, 0.25) is 5.82 Å². The summed E-state index contributed by atoms with van der Waals surface area (Å²) in [4.78, 5) is 16.1. The van der Waals surface area contributed by atoms with Crippen LogP contribution in [0.2, 0.25) is 0 Å². The predicted molar refractivity (Wildman–Crippen MR) is 98.7 cm³/mol. The first kappa shape index (κ1) is 20.8. The summed E-state index contributed by atoms with van der Waals surface area (Å²) in [6.07, 6.45) is 4.22. The second kappa shape index (κ2) is 9.97. The van der Waals surface area contributed by atoms with Gasteiger partial charge in [-0.2, -0.15) is 4.39 Å². The van der Waals surface area contributed by atoms with E-state index in [1.54, 1.807) is 6.20 Å². The van der Waals surface area contributed by atoms with Crippen LogP contribution < -0.4 is 10.1 Å². The number of hydrogen-bond donors (Lipinski definition) is 1. The molecule has 1 aromatic heterocycles. The monoisotopic (exact) mass is 378 g/mol. The first-order valence-electron chi connectivity index (χ1n) is 8.83. The van der Waals surface area contributed by atoms with E-state index in [1.807, 2.05) is 26.0 Å². The van der Waals surface area contributed by atoms with Gasteiger partial charge in [-0.25, -0.2) is 4.39 Å². The van der Waals surface area contributed by atoms with Gasteiger partial charge in [-0.05, 0) is 50.5 Å². The molecule has 1 aliphatic rings. The van der Waals surface area contributed by atoms with Crippen LogP contribution in [-0.4, -0.2) is 30.2 Å². The number of amides is 1. The normalized spacial score (nSPS) is 18.4. The van der Waals surface area contributed by atoms with Gasteiger partial charge in [0.15, 0.2) is 11.6 Å². The summed E-state index contributed by atoms with van der Waals surface area (Å²) in [6, 6.07) is 7.59. The van der Waals surface area contributed by atoms with Gasteiger partial charge in [-0.3, -0.25) is 9.78 Å². The molecule has 7 heteroatoms. The number of nitrogens with one attached hydrogen (secondary N) is 1. The Morgan fingerprint density at radius 2 is 2.07 bits per heavy atom. The number of anilines is 1. The van der Waals surface area contributed by atoms with E-state index in [9.17, 15) is 13.6 Å². The zero-order valence-corrected chi connectivity index (χ0v) is 15.7. The third kappa shape index (κ3) is 5.99. The van der Waals surface area contributed by atoms with Gasteiger partial charge in [-0.15, -0.1) is 0 Å². The van der Waals surface area contributed by atoms with Crippen molar-refractivity contribution in [1.29, 1.82) is 0 Å². The van der Waals surface area contributed by atoms with Gasteiger partial charge in [0.25, 0.3) is 5.91 Å². The van der Waals surface area contributed by atoms with Crippen molar-refractivity contribution in [2.24, 2.45) is 0 Å². The quantitative estimate of drug-likeness (QED) is 0.869. The van der Waals surface area contributed by atoms with Crippen molar-refractivity contribution in [2.75, 3.05) is 12.4 Å². The molecule has 0 bridgehead atoms. The molecule has 146 valence electrons. The molecule has 0 spiro atoms. The van der Waals surface area contributed by atoms with Gasteiger partial charge in [0.05, 0.1) is 25.1 Å². The van der Waals surface area contributed by atoms with Crippen molar-refractivity contribution >= 4 is 11.6 Å². The maximum Gasteiger partial charge on any atom is 0.253 e.